The van der Waals surface area contributed by atoms with Gasteiger partial charge < -0.3 is 9.80 Å². The first-order valence-electron chi connectivity index (χ1n) is 13.5. The number of aryl methyl sites for hydroxylation is 1. The van der Waals surface area contributed by atoms with Gasteiger partial charge in [-0.1, -0.05) is 61.5 Å². The summed E-state index contributed by atoms with van der Waals surface area (Å²) in [6.07, 6.45) is 2.34. The quantitative estimate of drug-likeness (QED) is 0.431. The summed E-state index contributed by atoms with van der Waals surface area (Å²) in [5.41, 5.74) is 5.11. The normalized spacial score (nSPS) is 18.9. The van der Waals surface area contributed by atoms with E-state index in [4.69, 9.17) is 0 Å². The van der Waals surface area contributed by atoms with E-state index in [9.17, 15) is 9.59 Å². The van der Waals surface area contributed by atoms with Gasteiger partial charge in [0.15, 0.2) is 0 Å². The molecule has 37 heavy (non-hydrogen) atoms. The lowest BCUT2D eigenvalue weighted by Crippen LogP contribution is -2.52. The number of carbonyl (C=O) groups excluding carboxylic acids is 2. The van der Waals surface area contributed by atoms with E-state index < -0.39 is 0 Å². The third-order valence-corrected chi connectivity index (χ3v) is 9.01. The molecule has 0 unspecified atom stereocenters. The highest BCUT2D eigenvalue weighted by Crippen LogP contribution is 2.39. The molecule has 2 amide bonds. The van der Waals surface area contributed by atoms with Gasteiger partial charge in [0.25, 0.3) is 0 Å². The van der Waals surface area contributed by atoms with Crippen LogP contribution in [0.15, 0.2) is 66.0 Å². The van der Waals surface area contributed by atoms with Gasteiger partial charge in [-0.25, -0.2) is 0 Å². The van der Waals surface area contributed by atoms with Crippen LogP contribution in [0.1, 0.15) is 58.9 Å². The fourth-order valence-corrected chi connectivity index (χ4v) is 6.80. The monoisotopic (exact) mass is 515 g/mol. The van der Waals surface area contributed by atoms with Crippen molar-refractivity contribution >= 4 is 23.2 Å². The smallest absolute Gasteiger partial charge is 0.230 e. The number of nitrogens with zero attached hydrogens (tertiary/aromatic N) is 3. The maximum Gasteiger partial charge on any atom is 0.230 e. The van der Waals surface area contributed by atoms with Gasteiger partial charge in [-0.2, -0.15) is 0 Å². The van der Waals surface area contributed by atoms with Crippen molar-refractivity contribution in [2.75, 3.05) is 39.3 Å². The van der Waals surface area contributed by atoms with Crippen molar-refractivity contribution in [3.05, 3.63) is 93.2 Å². The van der Waals surface area contributed by atoms with E-state index in [1.165, 1.54) is 21.6 Å². The number of thiophene rings is 1. The average molecular weight is 516 g/mol. The Kier molecular flexibility index (Phi) is 8.06. The van der Waals surface area contributed by atoms with Crippen LogP contribution in [-0.4, -0.2) is 65.8 Å². The van der Waals surface area contributed by atoms with Crippen LogP contribution in [0.2, 0.25) is 0 Å². The summed E-state index contributed by atoms with van der Waals surface area (Å²) in [5.74, 6) is 0.270. The second-order valence-electron chi connectivity index (χ2n) is 10.2. The Hall–Kier alpha value is -2.96. The number of rotatable bonds is 7. The zero-order valence-electron chi connectivity index (χ0n) is 21.9. The topological polar surface area (TPSA) is 43.9 Å². The van der Waals surface area contributed by atoms with E-state index in [2.05, 4.69) is 54.5 Å². The molecule has 6 heteroatoms. The SMILES string of the molecule is CC[C@H](C(=O)N1CCN(C(=O)CCN2CCc3sccc3[C@H]2c2ccccc2C)CC1)c1ccccc1. The van der Waals surface area contributed by atoms with E-state index in [0.717, 1.165) is 31.5 Å². The number of piperazine rings is 1. The fourth-order valence-electron chi connectivity index (χ4n) is 5.90. The van der Waals surface area contributed by atoms with Crippen LogP contribution in [0.3, 0.4) is 0 Å². The molecule has 194 valence electrons. The Morgan fingerprint density at radius 2 is 1.59 bits per heavy atom. The minimum atomic E-state index is -0.108. The third kappa shape index (κ3) is 5.51. The third-order valence-electron chi connectivity index (χ3n) is 8.01. The minimum Gasteiger partial charge on any atom is -0.339 e. The maximum absolute atomic E-state index is 13.2. The fraction of sp³-hybridized carbons (Fsp3) is 0.419. The van der Waals surface area contributed by atoms with Gasteiger partial charge in [0, 0.05) is 50.6 Å². The second kappa shape index (κ2) is 11.6. The molecule has 0 bridgehead atoms. The highest BCUT2D eigenvalue weighted by Gasteiger charge is 2.32. The molecule has 1 fully saturated rings. The Bertz CT molecular complexity index is 1220. The van der Waals surface area contributed by atoms with Gasteiger partial charge in [0.05, 0.1) is 12.0 Å². The standard InChI is InChI=1S/C31H37N3O2S/c1-3-25(24-10-5-4-6-11-24)31(36)34-20-18-32(19-21-34)29(35)14-17-33-16-13-28-27(15-22-37-28)30(33)26-12-8-7-9-23(26)2/h4-12,15,22,25,30H,3,13-14,16-21H2,1-2H3/t25-,30+/m0/s1. The summed E-state index contributed by atoms with van der Waals surface area (Å²) in [6, 6.07) is 21.1. The molecule has 0 aliphatic carbocycles. The van der Waals surface area contributed by atoms with Crippen LogP contribution in [0.4, 0.5) is 0 Å². The van der Waals surface area contributed by atoms with E-state index in [1.54, 1.807) is 0 Å². The van der Waals surface area contributed by atoms with Crippen molar-refractivity contribution in [1.29, 1.82) is 0 Å². The number of benzene rings is 2. The number of carbonyl (C=O) groups is 2. The van der Waals surface area contributed by atoms with Crippen molar-refractivity contribution in [3.8, 4) is 0 Å². The molecule has 0 saturated carbocycles. The van der Waals surface area contributed by atoms with Crippen LogP contribution in [0, 0.1) is 6.92 Å². The number of amides is 2. The van der Waals surface area contributed by atoms with Crippen molar-refractivity contribution in [3.63, 3.8) is 0 Å². The zero-order chi connectivity index (χ0) is 25.8. The van der Waals surface area contributed by atoms with E-state index in [-0.39, 0.29) is 23.8 Å². The van der Waals surface area contributed by atoms with Gasteiger partial charge in [0.1, 0.15) is 0 Å². The lowest BCUT2D eigenvalue weighted by atomic mass is 9.90. The molecule has 3 aromatic rings. The molecule has 1 saturated heterocycles. The first-order valence-corrected chi connectivity index (χ1v) is 14.4. The molecule has 2 atom stereocenters. The van der Waals surface area contributed by atoms with Gasteiger partial charge >= 0.3 is 0 Å². The second-order valence-corrected chi connectivity index (χ2v) is 11.2. The Labute approximate surface area is 224 Å². The predicted molar refractivity (Wildman–Crippen MR) is 150 cm³/mol. The van der Waals surface area contributed by atoms with Crippen molar-refractivity contribution in [2.45, 2.75) is 45.1 Å². The van der Waals surface area contributed by atoms with E-state index in [1.807, 2.05) is 51.5 Å². The van der Waals surface area contributed by atoms with E-state index in [0.29, 0.717) is 32.6 Å². The zero-order valence-corrected chi connectivity index (χ0v) is 22.8. The molecule has 1 aromatic heterocycles. The van der Waals surface area contributed by atoms with Gasteiger partial charge in [0.2, 0.25) is 11.8 Å². The van der Waals surface area contributed by atoms with E-state index >= 15 is 0 Å². The highest BCUT2D eigenvalue weighted by atomic mass is 32.1. The summed E-state index contributed by atoms with van der Waals surface area (Å²) in [6.45, 7) is 8.43. The van der Waals surface area contributed by atoms with Crippen LogP contribution >= 0.6 is 11.3 Å². The van der Waals surface area contributed by atoms with Crippen molar-refractivity contribution in [2.24, 2.45) is 0 Å². The minimum absolute atomic E-state index is 0.108. The Balaban J connectivity index is 1.19. The maximum atomic E-state index is 13.2. The van der Waals surface area contributed by atoms with Crippen LogP contribution < -0.4 is 0 Å². The Morgan fingerprint density at radius 3 is 2.32 bits per heavy atom. The summed E-state index contributed by atoms with van der Waals surface area (Å²) < 4.78 is 0. The number of hydrogen-bond donors (Lipinski definition) is 0. The van der Waals surface area contributed by atoms with Crippen molar-refractivity contribution in [1.82, 2.24) is 14.7 Å². The van der Waals surface area contributed by atoms with Crippen LogP contribution in [0.5, 0.6) is 0 Å². The van der Waals surface area contributed by atoms with Crippen molar-refractivity contribution < 1.29 is 9.59 Å². The van der Waals surface area contributed by atoms with Crippen LogP contribution in [-0.2, 0) is 16.0 Å². The molecule has 0 spiro atoms. The largest absolute Gasteiger partial charge is 0.339 e. The van der Waals surface area contributed by atoms with Gasteiger partial charge in [-0.15, -0.1) is 11.3 Å². The summed E-state index contributed by atoms with van der Waals surface area (Å²) in [7, 11) is 0. The summed E-state index contributed by atoms with van der Waals surface area (Å²) in [4.78, 5) is 34.3. The molecule has 5 rings (SSSR count). The lowest BCUT2D eigenvalue weighted by Gasteiger charge is -2.38. The number of hydrogen-bond acceptors (Lipinski definition) is 4. The molecule has 2 aliphatic heterocycles. The molecular weight excluding hydrogens is 478 g/mol. The first kappa shape index (κ1) is 25.7. The average Bonchev–Trinajstić information content (AvgIpc) is 3.42. The Morgan fingerprint density at radius 1 is 0.892 bits per heavy atom. The van der Waals surface area contributed by atoms with Gasteiger partial charge in [-0.3, -0.25) is 14.5 Å². The predicted octanol–water partition coefficient (Wildman–Crippen LogP) is 5.26. The molecule has 2 aliphatic rings. The number of fused-ring (bicyclic) bond motifs is 1. The molecule has 0 radical (unpaired) electrons. The summed E-state index contributed by atoms with van der Waals surface area (Å²) in [5, 5.41) is 2.20. The molecule has 5 nitrogen and oxygen atoms in total. The molecule has 3 heterocycles. The highest BCUT2D eigenvalue weighted by molar-refractivity contribution is 7.10. The first-order chi connectivity index (χ1) is 18.1. The molecular formula is C31H37N3O2S. The van der Waals surface area contributed by atoms with Gasteiger partial charge in [-0.05, 0) is 53.5 Å². The van der Waals surface area contributed by atoms with Crippen LogP contribution in [0.25, 0.3) is 0 Å². The molecule has 2 aromatic carbocycles. The molecule has 0 N–H and O–H groups in total. The lowest BCUT2D eigenvalue weighted by molar-refractivity contribution is -0.140. The summed E-state index contributed by atoms with van der Waals surface area (Å²) >= 11 is 1.85.